The summed E-state index contributed by atoms with van der Waals surface area (Å²) in [5.41, 5.74) is 1.96. The van der Waals surface area contributed by atoms with Crippen molar-refractivity contribution >= 4 is 11.0 Å². The lowest BCUT2D eigenvalue weighted by Gasteiger charge is -1.97. The molecule has 0 aliphatic heterocycles. The largest absolute Gasteiger partial charge is 0.346 e. The fraction of sp³-hybridized carbons (Fsp3) is 0. The molecule has 0 aromatic carbocycles. The van der Waals surface area contributed by atoms with Crippen LogP contribution in [0.5, 0.6) is 0 Å². The molecular formula is C10H8N4. The molecule has 0 amide bonds. The van der Waals surface area contributed by atoms with Crippen LogP contribution in [0.1, 0.15) is 0 Å². The average Bonchev–Trinajstić information content (AvgIpc) is 2.88. The number of H-pyrrole nitrogens is 2. The van der Waals surface area contributed by atoms with E-state index in [4.69, 9.17) is 0 Å². The van der Waals surface area contributed by atoms with Crippen LogP contribution in [-0.2, 0) is 0 Å². The smallest absolute Gasteiger partial charge is 0.138 e. The second kappa shape index (κ2) is 2.70. The molecular weight excluding hydrogens is 176 g/mol. The molecule has 0 bridgehead atoms. The molecule has 2 N–H and O–H groups in total. The topological polar surface area (TPSA) is 57.4 Å². The molecule has 0 aliphatic rings. The second-order valence-corrected chi connectivity index (χ2v) is 3.04. The van der Waals surface area contributed by atoms with Gasteiger partial charge in [0.1, 0.15) is 11.5 Å². The lowest BCUT2D eigenvalue weighted by Crippen LogP contribution is -1.83. The highest BCUT2D eigenvalue weighted by molar-refractivity contribution is 5.90. The number of pyridine rings is 1. The van der Waals surface area contributed by atoms with Gasteiger partial charge < -0.3 is 9.97 Å². The van der Waals surface area contributed by atoms with Crippen molar-refractivity contribution in [1.82, 2.24) is 19.9 Å². The minimum atomic E-state index is 0.872. The Morgan fingerprint density at radius 3 is 2.79 bits per heavy atom. The third-order valence-electron chi connectivity index (χ3n) is 2.21. The van der Waals surface area contributed by atoms with Crippen LogP contribution in [0.2, 0.25) is 0 Å². The van der Waals surface area contributed by atoms with E-state index in [-0.39, 0.29) is 0 Å². The molecule has 0 saturated carbocycles. The zero-order valence-electron chi connectivity index (χ0n) is 7.36. The molecule has 3 rings (SSSR count). The first kappa shape index (κ1) is 7.32. The van der Waals surface area contributed by atoms with Crippen LogP contribution in [0.15, 0.2) is 36.9 Å². The first-order chi connectivity index (χ1) is 6.95. The van der Waals surface area contributed by atoms with E-state index in [0.717, 1.165) is 22.4 Å². The predicted molar refractivity (Wildman–Crippen MR) is 53.7 cm³/mol. The van der Waals surface area contributed by atoms with Crippen LogP contribution in [0, 0.1) is 0 Å². The summed E-state index contributed by atoms with van der Waals surface area (Å²) < 4.78 is 0. The zero-order chi connectivity index (χ0) is 9.38. The summed E-state index contributed by atoms with van der Waals surface area (Å²) in [6.45, 7) is 0. The number of rotatable bonds is 1. The van der Waals surface area contributed by atoms with Gasteiger partial charge >= 0.3 is 0 Å². The number of imidazole rings is 1. The highest BCUT2D eigenvalue weighted by atomic mass is 14.9. The summed E-state index contributed by atoms with van der Waals surface area (Å²) in [4.78, 5) is 14.6. The lowest BCUT2D eigenvalue weighted by atomic mass is 10.2. The molecule has 0 saturated heterocycles. The highest BCUT2D eigenvalue weighted by Crippen LogP contribution is 2.23. The molecule has 14 heavy (non-hydrogen) atoms. The van der Waals surface area contributed by atoms with Gasteiger partial charge in [-0.2, -0.15) is 0 Å². The normalized spacial score (nSPS) is 10.9. The van der Waals surface area contributed by atoms with Crippen LogP contribution >= 0.6 is 0 Å². The van der Waals surface area contributed by atoms with Gasteiger partial charge in [0.2, 0.25) is 0 Å². The Kier molecular flexibility index (Phi) is 1.41. The van der Waals surface area contributed by atoms with E-state index in [1.807, 2.05) is 24.5 Å². The molecule has 0 atom stereocenters. The van der Waals surface area contributed by atoms with Crippen molar-refractivity contribution in [2.24, 2.45) is 0 Å². The first-order valence-electron chi connectivity index (χ1n) is 4.37. The van der Waals surface area contributed by atoms with Gasteiger partial charge in [0.05, 0.1) is 0 Å². The fourth-order valence-electron chi connectivity index (χ4n) is 1.58. The number of aromatic amines is 2. The van der Waals surface area contributed by atoms with Crippen molar-refractivity contribution in [3.63, 3.8) is 0 Å². The van der Waals surface area contributed by atoms with Crippen LogP contribution in [0.25, 0.3) is 22.4 Å². The van der Waals surface area contributed by atoms with Gasteiger partial charge in [0.25, 0.3) is 0 Å². The minimum Gasteiger partial charge on any atom is -0.346 e. The summed E-state index contributed by atoms with van der Waals surface area (Å²) >= 11 is 0. The van der Waals surface area contributed by atoms with Crippen molar-refractivity contribution in [3.05, 3.63) is 36.9 Å². The van der Waals surface area contributed by atoms with Crippen molar-refractivity contribution in [2.45, 2.75) is 0 Å². The highest BCUT2D eigenvalue weighted by Gasteiger charge is 2.05. The zero-order valence-corrected chi connectivity index (χ0v) is 7.36. The van der Waals surface area contributed by atoms with Crippen LogP contribution < -0.4 is 0 Å². The molecule has 4 heteroatoms. The number of hydrogen-bond acceptors (Lipinski definition) is 2. The average molecular weight is 184 g/mol. The van der Waals surface area contributed by atoms with Crippen molar-refractivity contribution < 1.29 is 0 Å². The van der Waals surface area contributed by atoms with E-state index in [9.17, 15) is 0 Å². The van der Waals surface area contributed by atoms with Gasteiger partial charge in [0, 0.05) is 35.7 Å². The van der Waals surface area contributed by atoms with E-state index in [2.05, 4.69) is 19.9 Å². The molecule has 3 aromatic rings. The SMILES string of the molecule is c1c[nH]c(-c2ccnc3[nH]ccc23)n1. The van der Waals surface area contributed by atoms with E-state index >= 15 is 0 Å². The Morgan fingerprint density at radius 1 is 0.929 bits per heavy atom. The third-order valence-corrected chi connectivity index (χ3v) is 2.21. The number of nitrogens with zero attached hydrogens (tertiary/aromatic N) is 2. The van der Waals surface area contributed by atoms with Crippen LogP contribution in [-0.4, -0.2) is 19.9 Å². The summed E-state index contributed by atoms with van der Waals surface area (Å²) in [7, 11) is 0. The fourth-order valence-corrected chi connectivity index (χ4v) is 1.58. The first-order valence-corrected chi connectivity index (χ1v) is 4.37. The molecule has 0 spiro atoms. The monoisotopic (exact) mass is 184 g/mol. The van der Waals surface area contributed by atoms with Gasteiger partial charge in [-0.25, -0.2) is 9.97 Å². The van der Waals surface area contributed by atoms with Gasteiger partial charge in [-0.15, -0.1) is 0 Å². The Hall–Kier alpha value is -2.10. The summed E-state index contributed by atoms with van der Waals surface area (Å²) in [6.07, 6.45) is 7.21. The molecule has 0 aliphatic carbocycles. The predicted octanol–water partition coefficient (Wildman–Crippen LogP) is 1.95. The maximum Gasteiger partial charge on any atom is 0.138 e. The van der Waals surface area contributed by atoms with Crippen molar-refractivity contribution in [2.75, 3.05) is 0 Å². The van der Waals surface area contributed by atoms with Gasteiger partial charge in [-0.3, -0.25) is 0 Å². The molecule has 0 unspecified atom stereocenters. The standard InChI is InChI=1S/C10H8N4/c1-3-11-9-7(1)8(2-4-12-9)10-13-5-6-14-10/h1-6H,(H,11,12)(H,13,14). The Balaban J connectivity index is 2.36. The molecule has 3 heterocycles. The van der Waals surface area contributed by atoms with Crippen LogP contribution in [0.3, 0.4) is 0 Å². The summed E-state index contributed by atoms with van der Waals surface area (Å²) in [6, 6.07) is 3.95. The molecule has 4 nitrogen and oxygen atoms in total. The van der Waals surface area contributed by atoms with E-state index in [0.29, 0.717) is 0 Å². The van der Waals surface area contributed by atoms with Gasteiger partial charge in [0.15, 0.2) is 0 Å². The maximum absolute atomic E-state index is 4.22. The van der Waals surface area contributed by atoms with Crippen molar-refractivity contribution in [1.29, 1.82) is 0 Å². The molecule has 0 fully saturated rings. The number of nitrogens with one attached hydrogen (secondary N) is 2. The Labute approximate surface area is 80.0 Å². The van der Waals surface area contributed by atoms with Crippen molar-refractivity contribution in [3.8, 4) is 11.4 Å². The molecule has 0 radical (unpaired) electrons. The number of aromatic nitrogens is 4. The minimum absolute atomic E-state index is 0.872. The van der Waals surface area contributed by atoms with E-state index in [1.165, 1.54) is 0 Å². The summed E-state index contributed by atoms with van der Waals surface area (Å²) in [5.74, 6) is 0.872. The Morgan fingerprint density at radius 2 is 1.93 bits per heavy atom. The van der Waals surface area contributed by atoms with E-state index in [1.54, 1.807) is 12.4 Å². The van der Waals surface area contributed by atoms with Crippen LogP contribution in [0.4, 0.5) is 0 Å². The maximum atomic E-state index is 4.22. The lowest BCUT2D eigenvalue weighted by molar-refractivity contribution is 1.29. The van der Waals surface area contributed by atoms with Gasteiger partial charge in [-0.05, 0) is 12.1 Å². The quantitative estimate of drug-likeness (QED) is 0.607. The van der Waals surface area contributed by atoms with E-state index < -0.39 is 0 Å². The third kappa shape index (κ3) is 0.939. The van der Waals surface area contributed by atoms with Gasteiger partial charge in [-0.1, -0.05) is 0 Å². The molecule has 3 aromatic heterocycles. The number of fused-ring (bicyclic) bond motifs is 1. The summed E-state index contributed by atoms with van der Waals surface area (Å²) in [5, 5.41) is 1.09. The molecule has 68 valence electrons. The second-order valence-electron chi connectivity index (χ2n) is 3.04. The number of hydrogen-bond donors (Lipinski definition) is 2. The Bertz CT molecular complexity index is 550.